The van der Waals surface area contributed by atoms with Crippen molar-refractivity contribution in [2.75, 3.05) is 25.5 Å². The minimum absolute atomic E-state index is 0.149. The fourth-order valence-corrected chi connectivity index (χ4v) is 3.52. The van der Waals surface area contributed by atoms with Crippen LogP contribution in [0.4, 0.5) is 5.82 Å². The van der Waals surface area contributed by atoms with Gasteiger partial charge in [-0.05, 0) is 49.2 Å². The van der Waals surface area contributed by atoms with Gasteiger partial charge >= 0.3 is 0 Å². The second-order valence-electron chi connectivity index (χ2n) is 7.01. The molecule has 0 amide bonds. The molecule has 1 aliphatic heterocycles. The van der Waals surface area contributed by atoms with Crippen molar-refractivity contribution in [1.82, 2.24) is 20.0 Å². The summed E-state index contributed by atoms with van der Waals surface area (Å²) in [4.78, 5) is 13.4. The van der Waals surface area contributed by atoms with Gasteiger partial charge in [0.2, 0.25) is 11.7 Å². The van der Waals surface area contributed by atoms with E-state index in [0.717, 1.165) is 42.3 Å². The Balaban J connectivity index is 1.50. The summed E-state index contributed by atoms with van der Waals surface area (Å²) in [5.74, 6) is 2.15. The molecule has 2 aromatic heterocycles. The molecule has 1 unspecified atom stereocenters. The number of nitrogens with zero attached hydrogens (tertiary/aromatic N) is 5. The molecule has 1 aromatic carbocycles. The van der Waals surface area contributed by atoms with Crippen LogP contribution in [-0.4, -0.2) is 40.7 Å². The number of likely N-dealkylation sites (tertiary alicyclic amines) is 1. The molecule has 0 aliphatic carbocycles. The lowest BCUT2D eigenvalue weighted by Crippen LogP contribution is -2.23. The van der Waals surface area contributed by atoms with Crippen molar-refractivity contribution in [3.05, 3.63) is 59.1 Å². The zero-order valence-electron chi connectivity index (χ0n) is 15.5. The third-order valence-electron chi connectivity index (χ3n) is 4.85. The highest BCUT2D eigenvalue weighted by molar-refractivity contribution is 6.30. The van der Waals surface area contributed by atoms with Crippen LogP contribution in [0.25, 0.3) is 11.4 Å². The number of rotatable bonds is 5. The summed E-state index contributed by atoms with van der Waals surface area (Å²) in [7, 11) is 3.92. The predicted molar refractivity (Wildman–Crippen MR) is 106 cm³/mol. The summed E-state index contributed by atoms with van der Waals surface area (Å²) in [6, 6.07) is 12.1. The Hall–Kier alpha value is -2.44. The number of aromatic nitrogens is 3. The van der Waals surface area contributed by atoms with E-state index in [1.165, 1.54) is 5.56 Å². The van der Waals surface area contributed by atoms with Gasteiger partial charge in [0.25, 0.3) is 0 Å². The van der Waals surface area contributed by atoms with Crippen molar-refractivity contribution in [3.8, 4) is 11.4 Å². The maximum Gasteiger partial charge on any atom is 0.244 e. The van der Waals surface area contributed by atoms with Crippen LogP contribution in [-0.2, 0) is 6.54 Å². The zero-order chi connectivity index (χ0) is 18.8. The normalized spacial score (nSPS) is 17.4. The zero-order valence-corrected chi connectivity index (χ0v) is 16.2. The Morgan fingerprint density at radius 1 is 1.19 bits per heavy atom. The molecule has 0 bridgehead atoms. The van der Waals surface area contributed by atoms with Gasteiger partial charge in [-0.3, -0.25) is 4.90 Å². The molecule has 140 valence electrons. The molecule has 1 atom stereocenters. The maximum absolute atomic E-state index is 5.99. The Bertz CT molecular complexity index is 891. The van der Waals surface area contributed by atoms with Gasteiger partial charge < -0.3 is 9.42 Å². The topological polar surface area (TPSA) is 58.3 Å². The van der Waals surface area contributed by atoms with E-state index in [-0.39, 0.29) is 6.04 Å². The van der Waals surface area contributed by atoms with E-state index in [1.54, 1.807) is 6.20 Å². The van der Waals surface area contributed by atoms with Gasteiger partial charge in [-0.25, -0.2) is 4.98 Å². The lowest BCUT2D eigenvalue weighted by Gasteiger charge is -2.21. The highest BCUT2D eigenvalue weighted by atomic mass is 35.5. The molecule has 3 heterocycles. The second kappa shape index (κ2) is 7.66. The Morgan fingerprint density at radius 2 is 2.00 bits per heavy atom. The minimum Gasteiger partial charge on any atom is -0.363 e. The average molecular weight is 384 g/mol. The Labute approximate surface area is 163 Å². The van der Waals surface area contributed by atoms with Crippen molar-refractivity contribution in [3.63, 3.8) is 0 Å². The lowest BCUT2D eigenvalue weighted by atomic mass is 10.2. The van der Waals surface area contributed by atoms with Crippen LogP contribution < -0.4 is 4.90 Å². The molecular weight excluding hydrogens is 362 g/mol. The minimum atomic E-state index is 0.149. The number of hydrogen-bond acceptors (Lipinski definition) is 6. The Morgan fingerprint density at radius 3 is 2.70 bits per heavy atom. The van der Waals surface area contributed by atoms with Gasteiger partial charge in [0.1, 0.15) is 5.82 Å². The molecule has 7 heteroatoms. The van der Waals surface area contributed by atoms with E-state index in [4.69, 9.17) is 16.1 Å². The van der Waals surface area contributed by atoms with Crippen LogP contribution in [0.1, 0.15) is 30.3 Å². The summed E-state index contributed by atoms with van der Waals surface area (Å²) in [5.41, 5.74) is 2.09. The molecule has 0 spiro atoms. The van der Waals surface area contributed by atoms with Crippen LogP contribution in [0.5, 0.6) is 0 Å². The van der Waals surface area contributed by atoms with Gasteiger partial charge in [0.15, 0.2) is 0 Å². The highest BCUT2D eigenvalue weighted by Gasteiger charge is 2.30. The number of hydrogen-bond donors (Lipinski definition) is 0. The van der Waals surface area contributed by atoms with E-state index in [0.29, 0.717) is 11.7 Å². The first kappa shape index (κ1) is 17.9. The standard InChI is InChI=1S/C20H22ClN5O/c1-25(2)18-10-7-15(12-22-18)19-23-20(27-24-19)17-4-3-11-26(17)13-14-5-8-16(21)9-6-14/h5-10,12,17H,3-4,11,13H2,1-2H3. The number of benzene rings is 1. The number of pyridine rings is 1. The SMILES string of the molecule is CN(C)c1ccc(-c2noc(C3CCCN3Cc3ccc(Cl)cc3)n2)cn1. The number of anilines is 1. The molecule has 3 aromatic rings. The first-order valence-electron chi connectivity index (χ1n) is 9.06. The van der Waals surface area contributed by atoms with E-state index in [1.807, 2.05) is 43.3 Å². The molecule has 1 fully saturated rings. The van der Waals surface area contributed by atoms with Crippen molar-refractivity contribution >= 4 is 17.4 Å². The van der Waals surface area contributed by atoms with Crippen LogP contribution in [0.3, 0.4) is 0 Å². The van der Waals surface area contributed by atoms with Gasteiger partial charge in [-0.15, -0.1) is 0 Å². The van der Waals surface area contributed by atoms with E-state index in [9.17, 15) is 0 Å². The summed E-state index contributed by atoms with van der Waals surface area (Å²) in [6.45, 7) is 1.86. The summed E-state index contributed by atoms with van der Waals surface area (Å²) in [6.07, 6.45) is 3.92. The van der Waals surface area contributed by atoms with E-state index in [2.05, 4.69) is 32.2 Å². The largest absolute Gasteiger partial charge is 0.363 e. The highest BCUT2D eigenvalue weighted by Crippen LogP contribution is 2.33. The Kier molecular flexibility index (Phi) is 5.09. The van der Waals surface area contributed by atoms with Crippen molar-refractivity contribution in [1.29, 1.82) is 0 Å². The third-order valence-corrected chi connectivity index (χ3v) is 5.11. The molecule has 1 aliphatic rings. The van der Waals surface area contributed by atoms with Crippen LogP contribution in [0, 0.1) is 0 Å². The van der Waals surface area contributed by atoms with Crippen molar-refractivity contribution in [2.45, 2.75) is 25.4 Å². The van der Waals surface area contributed by atoms with Gasteiger partial charge in [-0.1, -0.05) is 28.9 Å². The first-order valence-corrected chi connectivity index (χ1v) is 9.44. The van der Waals surface area contributed by atoms with Gasteiger partial charge in [0, 0.05) is 37.4 Å². The summed E-state index contributed by atoms with van der Waals surface area (Å²) < 4.78 is 5.61. The quantitative estimate of drug-likeness (QED) is 0.658. The molecule has 1 saturated heterocycles. The van der Waals surface area contributed by atoms with Gasteiger partial charge in [0.05, 0.1) is 6.04 Å². The van der Waals surface area contributed by atoms with E-state index < -0.39 is 0 Å². The number of halogens is 1. The monoisotopic (exact) mass is 383 g/mol. The molecule has 4 rings (SSSR count). The molecule has 27 heavy (non-hydrogen) atoms. The van der Waals surface area contributed by atoms with Crippen LogP contribution in [0.15, 0.2) is 47.1 Å². The molecule has 6 nitrogen and oxygen atoms in total. The fourth-order valence-electron chi connectivity index (χ4n) is 3.39. The molecule has 0 radical (unpaired) electrons. The fraction of sp³-hybridized carbons (Fsp3) is 0.350. The van der Waals surface area contributed by atoms with Crippen LogP contribution >= 0.6 is 11.6 Å². The molecule has 0 saturated carbocycles. The molecular formula is C20H22ClN5O. The predicted octanol–water partition coefficient (Wildman–Crippen LogP) is 4.19. The van der Waals surface area contributed by atoms with Crippen molar-refractivity contribution in [2.24, 2.45) is 0 Å². The third kappa shape index (κ3) is 3.96. The van der Waals surface area contributed by atoms with Crippen LogP contribution in [0.2, 0.25) is 5.02 Å². The lowest BCUT2D eigenvalue weighted by molar-refractivity contribution is 0.201. The second-order valence-corrected chi connectivity index (χ2v) is 7.45. The summed E-state index contributed by atoms with van der Waals surface area (Å²) >= 11 is 5.99. The smallest absolute Gasteiger partial charge is 0.244 e. The molecule has 0 N–H and O–H groups in total. The van der Waals surface area contributed by atoms with E-state index >= 15 is 0 Å². The average Bonchev–Trinajstić information content (AvgIpc) is 3.33. The van der Waals surface area contributed by atoms with Gasteiger partial charge in [-0.2, -0.15) is 4.98 Å². The first-order chi connectivity index (χ1) is 13.1. The van der Waals surface area contributed by atoms with Crippen molar-refractivity contribution < 1.29 is 4.52 Å². The summed E-state index contributed by atoms with van der Waals surface area (Å²) in [5, 5.41) is 4.93. The maximum atomic E-state index is 5.99.